The number of rotatable bonds is 8. The lowest BCUT2D eigenvalue weighted by molar-refractivity contribution is -0.123. The van der Waals surface area contributed by atoms with Gasteiger partial charge in [0.1, 0.15) is 17.3 Å². The molecule has 9 nitrogen and oxygen atoms in total. The number of ether oxygens (including phenoxy) is 1. The Labute approximate surface area is 186 Å². The molecule has 0 saturated heterocycles. The number of primary amides is 1. The zero-order chi connectivity index (χ0) is 24.2. The first-order valence-corrected chi connectivity index (χ1v) is 9.73. The first-order chi connectivity index (χ1) is 15.7. The van der Waals surface area contributed by atoms with Crippen LogP contribution in [-0.2, 0) is 15.1 Å². The number of hydrogen-bond donors (Lipinski definition) is 4. The Balaban J connectivity index is 1.81. The van der Waals surface area contributed by atoms with Crippen LogP contribution in [0.5, 0.6) is 5.75 Å². The summed E-state index contributed by atoms with van der Waals surface area (Å²) in [6.07, 6.45) is 0. The van der Waals surface area contributed by atoms with Crippen molar-refractivity contribution in [3.8, 4) is 5.75 Å². The lowest BCUT2D eigenvalue weighted by Crippen LogP contribution is -2.58. The summed E-state index contributed by atoms with van der Waals surface area (Å²) in [6.45, 7) is -1.09. The van der Waals surface area contributed by atoms with E-state index in [0.717, 1.165) is 12.1 Å². The fourth-order valence-electron chi connectivity index (χ4n) is 3.37. The highest BCUT2D eigenvalue weighted by molar-refractivity contribution is 6.47. The molecule has 0 aromatic heterocycles. The molecule has 0 saturated carbocycles. The zero-order valence-electron chi connectivity index (χ0n) is 17.3. The van der Waals surface area contributed by atoms with Gasteiger partial charge >= 0.3 is 6.61 Å². The third kappa shape index (κ3) is 4.80. The van der Waals surface area contributed by atoms with Crippen LogP contribution in [0, 0.1) is 5.82 Å². The standard InChI is InChI=1S/C21H20F3N5O4/c1-2-26-18(31)16-21(19(25)32,28-10-27-16)11-3-5-12(6-4-11)29-17(30)14-8-7-13(9-15(14)22)33-20(23)24/h3-9,20,28H,2,10H2,1H3,(H2,25,32)(H,26,31)(H,29,30). The van der Waals surface area contributed by atoms with Gasteiger partial charge < -0.3 is 21.1 Å². The van der Waals surface area contributed by atoms with Gasteiger partial charge in [0.05, 0.1) is 12.2 Å². The van der Waals surface area contributed by atoms with Crippen LogP contribution in [0.1, 0.15) is 22.8 Å². The minimum Gasteiger partial charge on any atom is -0.435 e. The van der Waals surface area contributed by atoms with Gasteiger partial charge in [0.15, 0.2) is 5.54 Å². The molecule has 0 aliphatic carbocycles. The van der Waals surface area contributed by atoms with Gasteiger partial charge in [-0.05, 0) is 36.8 Å². The van der Waals surface area contributed by atoms with E-state index in [-0.39, 0.29) is 18.1 Å². The molecule has 0 bridgehead atoms. The highest BCUT2D eigenvalue weighted by atomic mass is 19.3. The van der Waals surface area contributed by atoms with E-state index < -0.39 is 47.0 Å². The predicted octanol–water partition coefficient (Wildman–Crippen LogP) is 1.50. The SMILES string of the molecule is CCNC(=O)C1=NCNC1(C(N)=O)c1ccc(NC(=O)c2ccc(OC(F)F)cc2F)cc1. The van der Waals surface area contributed by atoms with Gasteiger partial charge in [-0.15, -0.1) is 0 Å². The van der Waals surface area contributed by atoms with Crippen LogP contribution in [0.15, 0.2) is 47.5 Å². The quantitative estimate of drug-likeness (QED) is 0.471. The van der Waals surface area contributed by atoms with Crippen LogP contribution in [-0.4, -0.2) is 43.3 Å². The summed E-state index contributed by atoms with van der Waals surface area (Å²) in [4.78, 5) is 41.2. The molecule has 3 rings (SSSR count). The highest BCUT2D eigenvalue weighted by Gasteiger charge is 2.49. The predicted molar refractivity (Wildman–Crippen MR) is 112 cm³/mol. The van der Waals surface area contributed by atoms with Gasteiger partial charge in [-0.25, -0.2) is 4.39 Å². The van der Waals surface area contributed by atoms with Crippen LogP contribution in [0.4, 0.5) is 18.9 Å². The summed E-state index contributed by atoms with van der Waals surface area (Å²) < 4.78 is 42.7. The van der Waals surface area contributed by atoms with Gasteiger partial charge in [-0.3, -0.25) is 24.7 Å². The molecule has 5 N–H and O–H groups in total. The van der Waals surface area contributed by atoms with Crippen molar-refractivity contribution in [2.75, 3.05) is 18.5 Å². The fraction of sp³-hybridized carbons (Fsp3) is 0.238. The summed E-state index contributed by atoms with van der Waals surface area (Å²) in [5.41, 5.74) is 4.04. The Bertz CT molecular complexity index is 1110. The van der Waals surface area contributed by atoms with Crippen LogP contribution in [0.3, 0.4) is 0 Å². The second-order valence-electron chi connectivity index (χ2n) is 6.87. The summed E-state index contributed by atoms with van der Waals surface area (Å²) >= 11 is 0. The largest absolute Gasteiger partial charge is 0.435 e. The number of nitrogens with one attached hydrogen (secondary N) is 3. The number of benzene rings is 2. The number of amides is 3. The Morgan fingerprint density at radius 2 is 1.88 bits per heavy atom. The van der Waals surface area contributed by atoms with Crippen molar-refractivity contribution in [3.63, 3.8) is 0 Å². The fourth-order valence-corrected chi connectivity index (χ4v) is 3.37. The molecule has 0 spiro atoms. The van der Waals surface area contributed by atoms with Gasteiger partial charge in [0, 0.05) is 18.3 Å². The molecule has 1 unspecified atom stereocenters. The molecule has 0 fully saturated rings. The molecule has 1 atom stereocenters. The molecule has 2 aromatic carbocycles. The van der Waals surface area contributed by atoms with Crippen LogP contribution >= 0.6 is 0 Å². The van der Waals surface area contributed by atoms with Crippen LogP contribution in [0.25, 0.3) is 0 Å². The number of hydrogen-bond acceptors (Lipinski definition) is 6. The first-order valence-electron chi connectivity index (χ1n) is 9.73. The van der Waals surface area contributed by atoms with Crippen molar-refractivity contribution in [2.24, 2.45) is 10.7 Å². The summed E-state index contributed by atoms with van der Waals surface area (Å²) in [5.74, 6) is -3.69. The minimum atomic E-state index is -3.13. The third-order valence-corrected chi connectivity index (χ3v) is 4.84. The Morgan fingerprint density at radius 3 is 2.45 bits per heavy atom. The van der Waals surface area contributed by atoms with E-state index >= 15 is 0 Å². The van der Waals surface area contributed by atoms with E-state index in [4.69, 9.17) is 5.73 Å². The normalized spacial score (nSPS) is 17.4. The average molecular weight is 463 g/mol. The van der Waals surface area contributed by atoms with E-state index in [1.807, 2.05) is 0 Å². The number of carbonyl (C=O) groups excluding carboxylic acids is 3. The topological polar surface area (TPSA) is 135 Å². The lowest BCUT2D eigenvalue weighted by atomic mass is 9.84. The number of anilines is 1. The minimum absolute atomic E-state index is 0.00155. The van der Waals surface area contributed by atoms with Gasteiger partial charge in [-0.1, -0.05) is 12.1 Å². The molecule has 12 heteroatoms. The summed E-state index contributed by atoms with van der Waals surface area (Å²) in [5, 5.41) is 7.89. The molecule has 1 heterocycles. The van der Waals surface area contributed by atoms with Crippen molar-refractivity contribution in [1.29, 1.82) is 0 Å². The Kier molecular flexibility index (Phi) is 6.97. The summed E-state index contributed by atoms with van der Waals surface area (Å²) in [7, 11) is 0. The number of carbonyl (C=O) groups is 3. The second-order valence-corrected chi connectivity index (χ2v) is 6.87. The van der Waals surface area contributed by atoms with Gasteiger partial charge in [-0.2, -0.15) is 8.78 Å². The molecule has 33 heavy (non-hydrogen) atoms. The second kappa shape index (κ2) is 9.69. The molecule has 3 amide bonds. The lowest BCUT2D eigenvalue weighted by Gasteiger charge is -2.28. The van der Waals surface area contributed by atoms with Crippen molar-refractivity contribution >= 4 is 29.1 Å². The molecule has 174 valence electrons. The number of aliphatic imine (C=N–C) groups is 1. The number of halogens is 3. The maximum absolute atomic E-state index is 14.1. The smallest absolute Gasteiger partial charge is 0.387 e. The first kappa shape index (κ1) is 23.7. The van der Waals surface area contributed by atoms with Crippen LogP contribution in [0.2, 0.25) is 0 Å². The van der Waals surface area contributed by atoms with Crippen molar-refractivity contribution in [2.45, 2.75) is 19.1 Å². The number of alkyl halides is 2. The highest BCUT2D eigenvalue weighted by Crippen LogP contribution is 2.28. The maximum Gasteiger partial charge on any atom is 0.387 e. The van der Waals surface area contributed by atoms with E-state index in [0.29, 0.717) is 18.2 Å². The Hall–Kier alpha value is -3.93. The maximum atomic E-state index is 14.1. The van der Waals surface area contributed by atoms with Crippen molar-refractivity contribution in [1.82, 2.24) is 10.6 Å². The average Bonchev–Trinajstić information content (AvgIpc) is 3.20. The molecule has 0 radical (unpaired) electrons. The summed E-state index contributed by atoms with van der Waals surface area (Å²) in [6, 6.07) is 8.51. The van der Waals surface area contributed by atoms with E-state index in [1.54, 1.807) is 6.92 Å². The number of nitrogens with zero attached hydrogens (tertiary/aromatic N) is 1. The van der Waals surface area contributed by atoms with Gasteiger partial charge in [0.25, 0.3) is 11.8 Å². The van der Waals surface area contributed by atoms with Crippen LogP contribution < -0.4 is 26.4 Å². The monoisotopic (exact) mass is 463 g/mol. The Morgan fingerprint density at radius 1 is 1.18 bits per heavy atom. The zero-order valence-corrected chi connectivity index (χ0v) is 17.3. The van der Waals surface area contributed by atoms with E-state index in [9.17, 15) is 27.6 Å². The number of nitrogens with two attached hydrogens (primary N) is 1. The molecule has 2 aromatic rings. The molecular formula is C21H20F3N5O4. The van der Waals surface area contributed by atoms with Crippen molar-refractivity contribution in [3.05, 3.63) is 59.4 Å². The van der Waals surface area contributed by atoms with Crippen molar-refractivity contribution < 1.29 is 32.3 Å². The third-order valence-electron chi connectivity index (χ3n) is 4.84. The van der Waals surface area contributed by atoms with E-state index in [1.165, 1.54) is 24.3 Å². The molecular weight excluding hydrogens is 443 g/mol. The van der Waals surface area contributed by atoms with Gasteiger partial charge in [0.2, 0.25) is 5.91 Å². The molecule has 1 aliphatic rings. The molecule has 1 aliphatic heterocycles. The van der Waals surface area contributed by atoms with E-state index in [2.05, 4.69) is 25.7 Å².